The van der Waals surface area contributed by atoms with Crippen LogP contribution in [0.5, 0.6) is 0 Å². The average molecular weight is 389 g/mol. The number of carbonyl (C=O) groups is 2. The molecule has 0 aromatic heterocycles. The van der Waals surface area contributed by atoms with E-state index in [2.05, 4.69) is 6.92 Å². The van der Waals surface area contributed by atoms with E-state index in [0.717, 1.165) is 19.3 Å². The molecule has 2 unspecified atom stereocenters. The van der Waals surface area contributed by atoms with Crippen molar-refractivity contribution >= 4 is 11.9 Å². The van der Waals surface area contributed by atoms with Gasteiger partial charge in [-0.25, -0.2) is 0 Å². The standard InChI is InChI=1S/C20H33F2NO4/c1-3-4-9-15(2)17(24)12-11-16-14-20(21,22)19(27)23(16)13-8-6-5-7-10-18(25)26/h11-12,15-17,24H,3-10,13-14H2,1-2H3,(H,25,26)/t15?,16-,17?/m0/s1. The summed E-state index contributed by atoms with van der Waals surface area (Å²) in [6, 6.07) is -0.709. The summed E-state index contributed by atoms with van der Waals surface area (Å²) in [6.07, 6.45) is 7.29. The fourth-order valence-corrected chi connectivity index (χ4v) is 3.30. The number of aliphatic hydroxyl groups excluding tert-OH is 1. The van der Waals surface area contributed by atoms with Crippen LogP contribution in [0.2, 0.25) is 0 Å². The van der Waals surface area contributed by atoms with E-state index < -0.39 is 36.4 Å². The van der Waals surface area contributed by atoms with Gasteiger partial charge >= 0.3 is 11.9 Å². The molecule has 1 fully saturated rings. The van der Waals surface area contributed by atoms with Crippen molar-refractivity contribution in [3.8, 4) is 0 Å². The minimum atomic E-state index is -3.36. The second kappa shape index (κ2) is 11.4. The normalized spacial score (nSPS) is 21.7. The Bertz CT molecular complexity index is 510. The van der Waals surface area contributed by atoms with E-state index in [4.69, 9.17) is 5.11 Å². The second-order valence-corrected chi connectivity index (χ2v) is 7.53. The third kappa shape index (κ3) is 7.95. The van der Waals surface area contributed by atoms with Gasteiger partial charge in [-0.3, -0.25) is 9.59 Å². The van der Waals surface area contributed by atoms with E-state index in [1.165, 1.54) is 11.0 Å². The van der Waals surface area contributed by atoms with E-state index in [1.54, 1.807) is 6.08 Å². The molecule has 3 atom stereocenters. The molecule has 1 rings (SSSR count). The predicted molar refractivity (Wildman–Crippen MR) is 99.6 cm³/mol. The number of amides is 1. The van der Waals surface area contributed by atoms with E-state index in [9.17, 15) is 23.5 Å². The number of nitrogens with zero attached hydrogens (tertiary/aromatic N) is 1. The van der Waals surface area contributed by atoms with Crippen LogP contribution in [-0.4, -0.2) is 51.6 Å². The molecule has 0 aliphatic carbocycles. The topological polar surface area (TPSA) is 77.8 Å². The van der Waals surface area contributed by atoms with Gasteiger partial charge in [0.25, 0.3) is 5.91 Å². The van der Waals surface area contributed by atoms with Gasteiger partial charge in [-0.2, -0.15) is 8.78 Å². The first kappa shape index (κ1) is 23.5. The summed E-state index contributed by atoms with van der Waals surface area (Å²) in [7, 11) is 0. The third-order valence-electron chi connectivity index (χ3n) is 5.11. The Labute approximate surface area is 160 Å². The maximum absolute atomic E-state index is 13.9. The molecule has 0 radical (unpaired) electrons. The molecule has 0 aromatic carbocycles. The number of hydrogen-bond donors (Lipinski definition) is 2. The van der Waals surface area contributed by atoms with Crippen molar-refractivity contribution in [1.29, 1.82) is 0 Å². The Hall–Kier alpha value is -1.50. The molecular weight excluding hydrogens is 356 g/mol. The molecule has 1 aliphatic rings. The van der Waals surface area contributed by atoms with Crippen molar-refractivity contribution in [2.45, 2.75) is 89.7 Å². The van der Waals surface area contributed by atoms with Gasteiger partial charge in [0.1, 0.15) is 0 Å². The minimum absolute atomic E-state index is 0.0431. The van der Waals surface area contributed by atoms with E-state index in [0.29, 0.717) is 25.7 Å². The van der Waals surface area contributed by atoms with Crippen LogP contribution in [0.25, 0.3) is 0 Å². The summed E-state index contributed by atoms with van der Waals surface area (Å²) in [4.78, 5) is 23.6. The number of aliphatic hydroxyl groups is 1. The molecule has 1 heterocycles. The SMILES string of the molecule is CCCCC(C)C(O)C=C[C@H]1CC(F)(F)C(=O)N1CCCCCCC(=O)O. The van der Waals surface area contributed by atoms with Crippen molar-refractivity contribution in [2.24, 2.45) is 5.92 Å². The lowest BCUT2D eigenvalue weighted by molar-refractivity contribution is -0.148. The van der Waals surface area contributed by atoms with E-state index in [-0.39, 0.29) is 18.9 Å². The smallest absolute Gasteiger partial charge is 0.327 e. The zero-order valence-corrected chi connectivity index (χ0v) is 16.4. The molecule has 1 amide bonds. The highest BCUT2D eigenvalue weighted by molar-refractivity contribution is 5.86. The predicted octanol–water partition coefficient (Wildman–Crippen LogP) is 4.00. The molecule has 7 heteroatoms. The molecule has 156 valence electrons. The van der Waals surface area contributed by atoms with Gasteiger partial charge in [-0.15, -0.1) is 0 Å². The van der Waals surface area contributed by atoms with Crippen molar-refractivity contribution in [3.05, 3.63) is 12.2 Å². The number of hydrogen-bond acceptors (Lipinski definition) is 3. The Morgan fingerprint density at radius 1 is 1.30 bits per heavy atom. The maximum Gasteiger partial charge on any atom is 0.327 e. The van der Waals surface area contributed by atoms with Gasteiger partial charge < -0.3 is 15.1 Å². The van der Waals surface area contributed by atoms with Crippen LogP contribution in [-0.2, 0) is 9.59 Å². The Morgan fingerprint density at radius 2 is 1.96 bits per heavy atom. The molecule has 2 N–H and O–H groups in total. The first-order chi connectivity index (χ1) is 12.7. The fraction of sp³-hybridized carbons (Fsp3) is 0.800. The van der Waals surface area contributed by atoms with Crippen LogP contribution in [0.4, 0.5) is 8.78 Å². The zero-order chi connectivity index (χ0) is 20.4. The maximum atomic E-state index is 13.9. The molecule has 0 spiro atoms. The first-order valence-electron chi connectivity index (χ1n) is 9.96. The molecule has 27 heavy (non-hydrogen) atoms. The summed E-state index contributed by atoms with van der Waals surface area (Å²) in [5.41, 5.74) is 0. The number of aliphatic carboxylic acids is 1. The van der Waals surface area contributed by atoms with Crippen molar-refractivity contribution < 1.29 is 28.6 Å². The number of carboxylic acid groups (broad SMARTS) is 1. The highest BCUT2D eigenvalue weighted by Gasteiger charge is 2.52. The number of carbonyl (C=O) groups excluding carboxylic acids is 1. The minimum Gasteiger partial charge on any atom is -0.481 e. The lowest BCUT2D eigenvalue weighted by atomic mass is 9.97. The van der Waals surface area contributed by atoms with Crippen LogP contribution in [0.3, 0.4) is 0 Å². The van der Waals surface area contributed by atoms with Crippen LogP contribution in [0.1, 0.15) is 71.6 Å². The third-order valence-corrected chi connectivity index (χ3v) is 5.11. The summed E-state index contributed by atoms with van der Waals surface area (Å²) >= 11 is 0. The Kier molecular flexibility index (Phi) is 9.91. The monoisotopic (exact) mass is 389 g/mol. The van der Waals surface area contributed by atoms with Gasteiger partial charge in [0, 0.05) is 19.4 Å². The summed E-state index contributed by atoms with van der Waals surface area (Å²) < 4.78 is 27.7. The molecular formula is C20H33F2NO4. The van der Waals surface area contributed by atoms with Gasteiger partial charge in [-0.1, -0.05) is 51.7 Å². The average Bonchev–Trinajstić information content (AvgIpc) is 2.82. The van der Waals surface area contributed by atoms with E-state index >= 15 is 0 Å². The highest BCUT2D eigenvalue weighted by Crippen LogP contribution is 2.34. The molecule has 1 saturated heterocycles. The molecule has 1 aliphatic heterocycles. The van der Waals surface area contributed by atoms with Gasteiger partial charge in [0.05, 0.1) is 12.1 Å². The van der Waals surface area contributed by atoms with Crippen molar-refractivity contribution in [1.82, 2.24) is 4.90 Å². The second-order valence-electron chi connectivity index (χ2n) is 7.53. The largest absolute Gasteiger partial charge is 0.481 e. The quantitative estimate of drug-likeness (QED) is 0.369. The van der Waals surface area contributed by atoms with Crippen LogP contribution in [0, 0.1) is 5.92 Å². The van der Waals surface area contributed by atoms with Crippen LogP contribution in [0.15, 0.2) is 12.2 Å². The number of rotatable bonds is 13. The number of halogens is 2. The van der Waals surface area contributed by atoms with Crippen molar-refractivity contribution in [3.63, 3.8) is 0 Å². The summed E-state index contributed by atoms with van der Waals surface area (Å²) in [6.45, 7) is 4.21. The number of likely N-dealkylation sites (tertiary alicyclic amines) is 1. The summed E-state index contributed by atoms with van der Waals surface area (Å²) in [5.74, 6) is -5.32. The van der Waals surface area contributed by atoms with Gasteiger partial charge in [0.15, 0.2) is 0 Å². The number of alkyl halides is 2. The van der Waals surface area contributed by atoms with Crippen LogP contribution < -0.4 is 0 Å². The number of carboxylic acids is 1. The number of unbranched alkanes of at least 4 members (excludes halogenated alkanes) is 4. The molecule has 0 aromatic rings. The molecule has 0 bridgehead atoms. The van der Waals surface area contributed by atoms with Gasteiger partial charge in [0.2, 0.25) is 0 Å². The highest BCUT2D eigenvalue weighted by atomic mass is 19.3. The summed E-state index contributed by atoms with van der Waals surface area (Å²) in [5, 5.41) is 18.8. The Balaban J connectivity index is 2.55. The Morgan fingerprint density at radius 3 is 2.59 bits per heavy atom. The lowest BCUT2D eigenvalue weighted by Gasteiger charge is -2.22. The zero-order valence-electron chi connectivity index (χ0n) is 16.4. The van der Waals surface area contributed by atoms with Crippen LogP contribution >= 0.6 is 0 Å². The van der Waals surface area contributed by atoms with E-state index in [1.807, 2.05) is 6.92 Å². The van der Waals surface area contributed by atoms with Crippen molar-refractivity contribution in [2.75, 3.05) is 6.54 Å². The molecule has 5 nitrogen and oxygen atoms in total. The first-order valence-corrected chi connectivity index (χ1v) is 9.96. The van der Waals surface area contributed by atoms with Gasteiger partial charge in [-0.05, 0) is 25.2 Å². The fourth-order valence-electron chi connectivity index (χ4n) is 3.30. The lowest BCUT2D eigenvalue weighted by Crippen LogP contribution is -2.36. The molecule has 0 saturated carbocycles.